The Kier molecular flexibility index (Phi) is 9.21. The molecule has 1 heterocycles. The molecule has 0 aromatic rings. The molecule has 2 N–H and O–H groups in total. The molecule has 4 atom stereocenters. The number of carbonyl (C=O) groups is 4. The van der Waals surface area contributed by atoms with Gasteiger partial charge in [-0.15, -0.1) is 0 Å². The number of carbonyl (C=O) groups excluding carboxylic acids is 4. The fourth-order valence-electron chi connectivity index (χ4n) is 2.98. The van der Waals surface area contributed by atoms with Gasteiger partial charge >= 0.3 is 17.9 Å². The number of aliphatic hydroxyl groups excluding tert-OH is 1. The summed E-state index contributed by atoms with van der Waals surface area (Å²) < 4.78 is 31.4. The van der Waals surface area contributed by atoms with Gasteiger partial charge in [0, 0.05) is 41.1 Å². The van der Waals surface area contributed by atoms with Crippen molar-refractivity contribution in [1.29, 1.82) is 0 Å². The zero-order chi connectivity index (χ0) is 23.1. The van der Waals surface area contributed by atoms with Gasteiger partial charge in [-0.2, -0.15) is 0 Å². The molecule has 0 aromatic carbocycles. The number of aliphatic hydroxyl groups is 1. The number of ether oxygens (including phenoxy) is 6. The fourth-order valence-corrected chi connectivity index (χ4v) is 2.98. The summed E-state index contributed by atoms with van der Waals surface area (Å²) in [6.07, 6.45) is -2.97. The molecule has 0 spiro atoms. The predicted molar refractivity (Wildman–Crippen MR) is 97.5 cm³/mol. The summed E-state index contributed by atoms with van der Waals surface area (Å²) in [5.41, 5.74) is 0. The third kappa shape index (κ3) is 5.90. The zero-order valence-electron chi connectivity index (χ0n) is 17.6. The van der Waals surface area contributed by atoms with Gasteiger partial charge in [-0.05, 0) is 0 Å². The lowest BCUT2D eigenvalue weighted by atomic mass is 9.91. The summed E-state index contributed by atoms with van der Waals surface area (Å²) in [5, 5.41) is 12.5. The lowest BCUT2D eigenvalue weighted by Crippen LogP contribution is -2.66. The number of hydrogen-bond acceptors (Lipinski definition) is 11. The van der Waals surface area contributed by atoms with Crippen LogP contribution in [-0.2, 0) is 47.6 Å². The summed E-state index contributed by atoms with van der Waals surface area (Å²) in [7, 11) is 3.48. The normalized spacial score (nSPS) is 22.1. The smallest absolute Gasteiger partial charge is 0.373 e. The summed E-state index contributed by atoms with van der Waals surface area (Å²) in [4.78, 5) is 47.4. The van der Waals surface area contributed by atoms with Gasteiger partial charge in [0.25, 0.3) is 0 Å². The Bertz CT molecular complexity index is 677. The second kappa shape index (κ2) is 10.9. The Hall–Kier alpha value is -2.70. The largest absolute Gasteiger partial charge is 0.477 e. The Labute approximate surface area is 173 Å². The third-order valence-corrected chi connectivity index (χ3v) is 4.28. The molecule has 1 aliphatic rings. The van der Waals surface area contributed by atoms with Crippen LogP contribution in [0.5, 0.6) is 0 Å². The molecule has 30 heavy (non-hydrogen) atoms. The molecule has 1 amide bonds. The van der Waals surface area contributed by atoms with E-state index in [4.69, 9.17) is 23.7 Å². The van der Waals surface area contributed by atoms with Crippen LogP contribution < -0.4 is 5.32 Å². The van der Waals surface area contributed by atoms with Crippen molar-refractivity contribution in [3.63, 3.8) is 0 Å². The quantitative estimate of drug-likeness (QED) is 0.255. The van der Waals surface area contributed by atoms with Crippen LogP contribution in [0.4, 0.5) is 0 Å². The van der Waals surface area contributed by atoms with Crippen LogP contribution in [-0.4, -0.2) is 87.0 Å². The van der Waals surface area contributed by atoms with Gasteiger partial charge in [0.15, 0.2) is 12.2 Å². The molecule has 1 aliphatic heterocycles. The van der Waals surface area contributed by atoms with E-state index in [1.165, 1.54) is 21.1 Å². The minimum absolute atomic E-state index is 0.369. The predicted octanol–water partition coefficient (Wildman–Crippen LogP) is -1.21. The molecule has 0 saturated heterocycles. The van der Waals surface area contributed by atoms with Crippen molar-refractivity contribution in [1.82, 2.24) is 5.32 Å². The highest BCUT2D eigenvalue weighted by atomic mass is 16.7. The average Bonchev–Trinajstić information content (AvgIpc) is 2.68. The molecule has 0 fully saturated rings. The van der Waals surface area contributed by atoms with Gasteiger partial charge in [-0.3, -0.25) is 14.4 Å². The highest BCUT2D eigenvalue weighted by Gasteiger charge is 2.54. The number of hydrogen-bond donors (Lipinski definition) is 2. The van der Waals surface area contributed by atoms with E-state index in [0.717, 1.165) is 27.0 Å². The van der Waals surface area contributed by atoms with Crippen molar-refractivity contribution in [2.75, 3.05) is 27.9 Å². The van der Waals surface area contributed by atoms with Crippen LogP contribution in [0.25, 0.3) is 0 Å². The lowest BCUT2D eigenvalue weighted by Gasteiger charge is -2.44. The minimum atomic E-state index is -1.94. The molecule has 1 rings (SSSR count). The van der Waals surface area contributed by atoms with Crippen molar-refractivity contribution in [3.8, 4) is 0 Å². The van der Waals surface area contributed by atoms with Crippen LogP contribution in [0.2, 0.25) is 0 Å². The van der Waals surface area contributed by atoms with Gasteiger partial charge in [-0.25, -0.2) is 4.79 Å². The molecular formula is C18H27NO11. The first kappa shape index (κ1) is 25.3. The SMILES string of the molecule is COC(=O)C1=C[C@H](OC(C)=O)[C@@H](NC(C)=O)[C@H]([C@H](OC(C)=O)C(CO)(OC)OC)O1. The monoisotopic (exact) mass is 433 g/mol. The molecule has 170 valence electrons. The van der Waals surface area contributed by atoms with Crippen LogP contribution in [0.3, 0.4) is 0 Å². The molecule has 12 heteroatoms. The maximum absolute atomic E-state index is 12.1. The van der Waals surface area contributed by atoms with Crippen molar-refractivity contribution in [2.45, 2.75) is 50.9 Å². The van der Waals surface area contributed by atoms with E-state index in [2.05, 4.69) is 10.1 Å². The highest BCUT2D eigenvalue weighted by Crippen LogP contribution is 2.32. The molecule has 0 aromatic heterocycles. The Morgan fingerprint density at radius 1 is 1.13 bits per heavy atom. The third-order valence-electron chi connectivity index (χ3n) is 4.28. The number of methoxy groups -OCH3 is 3. The van der Waals surface area contributed by atoms with Gasteiger partial charge < -0.3 is 38.8 Å². The maximum Gasteiger partial charge on any atom is 0.373 e. The van der Waals surface area contributed by atoms with Gasteiger partial charge in [0.1, 0.15) is 18.8 Å². The average molecular weight is 433 g/mol. The van der Waals surface area contributed by atoms with E-state index < -0.39 is 60.6 Å². The van der Waals surface area contributed by atoms with Crippen molar-refractivity contribution >= 4 is 23.8 Å². The van der Waals surface area contributed by atoms with Gasteiger partial charge in [0.2, 0.25) is 17.5 Å². The number of esters is 3. The fraction of sp³-hybridized carbons (Fsp3) is 0.667. The Morgan fingerprint density at radius 2 is 1.73 bits per heavy atom. The summed E-state index contributed by atoms with van der Waals surface area (Å²) >= 11 is 0. The van der Waals surface area contributed by atoms with E-state index in [1.54, 1.807) is 0 Å². The van der Waals surface area contributed by atoms with Crippen LogP contribution >= 0.6 is 0 Å². The van der Waals surface area contributed by atoms with Gasteiger partial charge in [-0.1, -0.05) is 0 Å². The second-order valence-corrected chi connectivity index (χ2v) is 6.31. The number of rotatable bonds is 9. The number of amides is 1. The first-order valence-electron chi connectivity index (χ1n) is 8.84. The first-order chi connectivity index (χ1) is 14.0. The van der Waals surface area contributed by atoms with Gasteiger partial charge in [0.05, 0.1) is 7.11 Å². The van der Waals surface area contributed by atoms with Crippen molar-refractivity contribution < 1.29 is 52.7 Å². The Balaban J connectivity index is 3.63. The Morgan fingerprint density at radius 3 is 2.13 bits per heavy atom. The number of nitrogens with one attached hydrogen (secondary N) is 1. The maximum atomic E-state index is 12.1. The molecule has 0 radical (unpaired) electrons. The van der Waals surface area contributed by atoms with Crippen LogP contribution in [0, 0.1) is 0 Å². The summed E-state index contributed by atoms with van der Waals surface area (Å²) in [6.45, 7) is 2.64. The lowest BCUT2D eigenvalue weighted by molar-refractivity contribution is -0.299. The van der Waals surface area contributed by atoms with Crippen molar-refractivity contribution in [3.05, 3.63) is 11.8 Å². The minimum Gasteiger partial charge on any atom is -0.477 e. The zero-order valence-corrected chi connectivity index (χ0v) is 17.6. The highest BCUT2D eigenvalue weighted by molar-refractivity contribution is 5.86. The van der Waals surface area contributed by atoms with Crippen LogP contribution in [0.15, 0.2) is 11.8 Å². The van der Waals surface area contributed by atoms with E-state index in [0.29, 0.717) is 0 Å². The van der Waals surface area contributed by atoms with Crippen molar-refractivity contribution in [2.24, 2.45) is 0 Å². The first-order valence-corrected chi connectivity index (χ1v) is 8.84. The summed E-state index contributed by atoms with van der Waals surface area (Å²) in [5.74, 6) is -5.27. The van der Waals surface area contributed by atoms with E-state index in [1.807, 2.05) is 0 Å². The van der Waals surface area contributed by atoms with Crippen LogP contribution in [0.1, 0.15) is 20.8 Å². The topological polar surface area (TPSA) is 156 Å². The molecule has 0 saturated carbocycles. The summed E-state index contributed by atoms with van der Waals surface area (Å²) in [6, 6.07) is -1.15. The van der Waals surface area contributed by atoms with E-state index in [-0.39, 0.29) is 5.76 Å². The molecule has 0 aliphatic carbocycles. The molecule has 12 nitrogen and oxygen atoms in total. The standard InChI is InChI=1S/C18H27NO11/c1-9(21)19-14-12(28-10(2)22)7-13(17(24)25-4)30-15(14)16(29-11(3)23)18(8-20,26-5)27-6/h7,12,14-16,20H,8H2,1-6H3,(H,19,21)/t12-,14+,15+,16-/m0/s1. The van der Waals surface area contributed by atoms with E-state index in [9.17, 15) is 24.3 Å². The molecule has 0 unspecified atom stereocenters. The molecular weight excluding hydrogens is 406 g/mol. The van der Waals surface area contributed by atoms with E-state index >= 15 is 0 Å². The second-order valence-electron chi connectivity index (χ2n) is 6.31. The molecule has 0 bridgehead atoms.